The van der Waals surface area contributed by atoms with E-state index in [9.17, 15) is 8.42 Å². The Balaban J connectivity index is 2.54. The van der Waals surface area contributed by atoms with Gasteiger partial charge in [-0.1, -0.05) is 6.07 Å². The highest BCUT2D eigenvalue weighted by molar-refractivity contribution is 7.89. The van der Waals surface area contributed by atoms with E-state index in [0.29, 0.717) is 31.2 Å². The summed E-state index contributed by atoms with van der Waals surface area (Å²) in [4.78, 5) is 0. The van der Waals surface area contributed by atoms with Crippen LogP contribution in [0.15, 0.2) is 18.2 Å². The van der Waals surface area contributed by atoms with E-state index in [-0.39, 0.29) is 5.75 Å². The van der Waals surface area contributed by atoms with Crippen LogP contribution in [0.2, 0.25) is 0 Å². The van der Waals surface area contributed by atoms with E-state index in [4.69, 9.17) is 9.47 Å². The number of hydrogen-bond acceptors (Lipinski definition) is 5. The molecule has 1 aromatic rings. The Hall–Kier alpha value is -1.31. The molecule has 0 atom stereocenters. The predicted molar refractivity (Wildman–Crippen MR) is 78.7 cm³/mol. The second kappa shape index (κ2) is 8.08. The van der Waals surface area contributed by atoms with Crippen molar-refractivity contribution >= 4 is 10.0 Å². The maximum atomic E-state index is 11.2. The lowest BCUT2D eigenvalue weighted by molar-refractivity contribution is 0.310. The van der Waals surface area contributed by atoms with E-state index in [1.165, 1.54) is 7.05 Å². The Labute approximate surface area is 120 Å². The van der Waals surface area contributed by atoms with Crippen LogP contribution in [0.1, 0.15) is 12.5 Å². The smallest absolute Gasteiger partial charge is 0.212 e. The highest BCUT2D eigenvalue weighted by Crippen LogP contribution is 2.27. The minimum absolute atomic E-state index is 0.0535. The van der Waals surface area contributed by atoms with Gasteiger partial charge in [0, 0.05) is 13.1 Å². The van der Waals surface area contributed by atoms with E-state index < -0.39 is 10.0 Å². The van der Waals surface area contributed by atoms with Crippen molar-refractivity contribution in [3.63, 3.8) is 0 Å². The number of rotatable bonds is 9. The van der Waals surface area contributed by atoms with Crippen LogP contribution in [0, 0.1) is 0 Å². The van der Waals surface area contributed by atoms with Crippen LogP contribution in [0.4, 0.5) is 0 Å². The first kappa shape index (κ1) is 16.7. The predicted octanol–water partition coefficient (Wildman–Crippen LogP) is 0.733. The zero-order valence-corrected chi connectivity index (χ0v) is 12.9. The maximum Gasteiger partial charge on any atom is 0.212 e. The topological polar surface area (TPSA) is 76.7 Å². The first-order valence-electron chi connectivity index (χ1n) is 6.44. The van der Waals surface area contributed by atoms with Crippen LogP contribution in [-0.2, 0) is 16.6 Å². The van der Waals surface area contributed by atoms with Gasteiger partial charge >= 0.3 is 0 Å². The standard InChI is InChI=1S/C13H22N2O4S/c1-4-19-13-9-11(5-6-12(13)18-3)10-15-7-8-20(16,17)14-2/h5-6,9,14-15H,4,7-8,10H2,1-3H3. The first-order chi connectivity index (χ1) is 9.52. The third-order valence-electron chi connectivity index (χ3n) is 2.72. The molecule has 0 saturated carbocycles. The van der Waals surface area contributed by atoms with Crippen molar-refractivity contribution in [1.82, 2.24) is 10.0 Å². The molecule has 0 heterocycles. The molecular weight excluding hydrogens is 280 g/mol. The van der Waals surface area contributed by atoms with Gasteiger partial charge < -0.3 is 14.8 Å². The van der Waals surface area contributed by atoms with Crippen LogP contribution in [0.25, 0.3) is 0 Å². The van der Waals surface area contributed by atoms with Crippen molar-refractivity contribution < 1.29 is 17.9 Å². The SMILES string of the molecule is CCOc1cc(CNCCS(=O)(=O)NC)ccc1OC. The Kier molecular flexibility index (Phi) is 6.77. The molecule has 1 aromatic carbocycles. The molecule has 0 unspecified atom stereocenters. The summed E-state index contributed by atoms with van der Waals surface area (Å²) < 4.78 is 35.5. The second-order valence-corrected chi connectivity index (χ2v) is 6.16. The lowest BCUT2D eigenvalue weighted by Gasteiger charge is -2.11. The molecule has 7 heteroatoms. The summed E-state index contributed by atoms with van der Waals surface area (Å²) in [5, 5.41) is 3.08. The molecule has 114 valence electrons. The monoisotopic (exact) mass is 302 g/mol. The zero-order chi connectivity index (χ0) is 15.0. The molecule has 1 rings (SSSR count). The largest absolute Gasteiger partial charge is 0.493 e. The van der Waals surface area contributed by atoms with Crippen LogP contribution < -0.4 is 19.5 Å². The third-order valence-corrected chi connectivity index (χ3v) is 4.08. The molecule has 0 aliphatic rings. The van der Waals surface area contributed by atoms with Gasteiger partial charge in [0.25, 0.3) is 0 Å². The Morgan fingerprint density at radius 1 is 1.25 bits per heavy atom. The van der Waals surface area contributed by atoms with Crippen molar-refractivity contribution in [1.29, 1.82) is 0 Å². The van der Waals surface area contributed by atoms with Crippen LogP contribution in [0.3, 0.4) is 0 Å². The quantitative estimate of drug-likeness (QED) is 0.658. The fourth-order valence-electron chi connectivity index (χ4n) is 1.64. The van der Waals surface area contributed by atoms with Crippen molar-refractivity contribution in [3.05, 3.63) is 23.8 Å². The molecule has 0 aromatic heterocycles. The van der Waals surface area contributed by atoms with Crippen LogP contribution >= 0.6 is 0 Å². The summed E-state index contributed by atoms with van der Waals surface area (Å²) in [5.41, 5.74) is 1.01. The molecular formula is C13H22N2O4S. The normalized spacial score (nSPS) is 11.3. The van der Waals surface area contributed by atoms with Gasteiger partial charge in [0.2, 0.25) is 10.0 Å². The molecule has 2 N–H and O–H groups in total. The van der Waals surface area contributed by atoms with Gasteiger partial charge in [-0.05, 0) is 31.7 Å². The molecule has 0 fully saturated rings. The molecule has 6 nitrogen and oxygen atoms in total. The minimum Gasteiger partial charge on any atom is -0.493 e. The minimum atomic E-state index is -3.16. The number of sulfonamides is 1. The van der Waals surface area contributed by atoms with Gasteiger partial charge in [0.1, 0.15) is 0 Å². The molecule has 0 amide bonds. The third kappa shape index (κ3) is 5.36. The summed E-state index contributed by atoms with van der Waals surface area (Å²) in [5.74, 6) is 1.43. The highest BCUT2D eigenvalue weighted by Gasteiger charge is 2.07. The fraction of sp³-hybridized carbons (Fsp3) is 0.538. The average Bonchev–Trinajstić information content (AvgIpc) is 2.44. The molecule has 20 heavy (non-hydrogen) atoms. The lowest BCUT2D eigenvalue weighted by Crippen LogP contribution is -2.29. The summed E-state index contributed by atoms with van der Waals surface area (Å²) in [7, 11) is -0.153. The van der Waals surface area contributed by atoms with Crippen LogP contribution in [0.5, 0.6) is 11.5 Å². The molecule has 0 radical (unpaired) electrons. The van der Waals surface area contributed by atoms with E-state index in [0.717, 1.165) is 5.56 Å². The fourth-order valence-corrected chi connectivity index (χ4v) is 2.26. The summed E-state index contributed by atoms with van der Waals surface area (Å²) in [6.45, 7) is 3.43. The van der Waals surface area contributed by atoms with Gasteiger partial charge in [-0.15, -0.1) is 0 Å². The van der Waals surface area contributed by atoms with Crippen molar-refractivity contribution in [2.45, 2.75) is 13.5 Å². The molecule has 0 bridgehead atoms. The van der Waals surface area contributed by atoms with Crippen molar-refractivity contribution in [2.24, 2.45) is 0 Å². The van der Waals surface area contributed by atoms with E-state index in [1.807, 2.05) is 25.1 Å². The second-order valence-electron chi connectivity index (χ2n) is 4.12. The summed E-state index contributed by atoms with van der Waals surface area (Å²) in [6.07, 6.45) is 0. The Morgan fingerprint density at radius 3 is 2.60 bits per heavy atom. The number of ether oxygens (including phenoxy) is 2. The van der Waals surface area contributed by atoms with E-state index in [2.05, 4.69) is 10.0 Å². The number of hydrogen-bond donors (Lipinski definition) is 2. The van der Waals surface area contributed by atoms with Crippen molar-refractivity contribution in [3.8, 4) is 11.5 Å². The number of benzene rings is 1. The Morgan fingerprint density at radius 2 is 2.00 bits per heavy atom. The summed E-state index contributed by atoms with van der Waals surface area (Å²) >= 11 is 0. The number of methoxy groups -OCH3 is 1. The molecule has 0 spiro atoms. The van der Waals surface area contributed by atoms with Gasteiger partial charge in [0.05, 0.1) is 19.5 Å². The van der Waals surface area contributed by atoms with Crippen molar-refractivity contribution in [2.75, 3.05) is 33.1 Å². The van der Waals surface area contributed by atoms with Gasteiger partial charge in [-0.2, -0.15) is 0 Å². The lowest BCUT2D eigenvalue weighted by atomic mass is 10.2. The van der Waals surface area contributed by atoms with E-state index in [1.54, 1.807) is 7.11 Å². The number of nitrogens with one attached hydrogen (secondary N) is 2. The Bertz CT molecular complexity index is 517. The maximum absolute atomic E-state index is 11.2. The van der Waals surface area contributed by atoms with Gasteiger partial charge in [-0.25, -0.2) is 13.1 Å². The molecule has 0 aliphatic carbocycles. The summed E-state index contributed by atoms with van der Waals surface area (Å²) in [6, 6.07) is 5.65. The average molecular weight is 302 g/mol. The first-order valence-corrected chi connectivity index (χ1v) is 8.09. The zero-order valence-electron chi connectivity index (χ0n) is 12.1. The molecule has 0 saturated heterocycles. The van der Waals surface area contributed by atoms with Crippen LogP contribution in [-0.4, -0.2) is 41.5 Å². The van der Waals surface area contributed by atoms with Gasteiger partial charge in [-0.3, -0.25) is 0 Å². The highest BCUT2D eigenvalue weighted by atomic mass is 32.2. The van der Waals surface area contributed by atoms with E-state index >= 15 is 0 Å². The molecule has 0 aliphatic heterocycles. The van der Waals surface area contributed by atoms with Gasteiger partial charge in [0.15, 0.2) is 11.5 Å².